The summed E-state index contributed by atoms with van der Waals surface area (Å²) >= 11 is 5.91. The lowest BCUT2D eigenvalue weighted by atomic mass is 9.82. The predicted octanol–water partition coefficient (Wildman–Crippen LogP) is 2.60. The highest BCUT2D eigenvalue weighted by Gasteiger charge is 2.52. The van der Waals surface area contributed by atoms with Crippen LogP contribution < -0.4 is 0 Å². The first-order valence-electron chi connectivity index (χ1n) is 7.21. The van der Waals surface area contributed by atoms with Gasteiger partial charge in [0.25, 0.3) is 0 Å². The maximum Gasteiger partial charge on any atom is 0.232 e. The highest BCUT2D eigenvalue weighted by Crippen LogP contribution is 2.49. The molecule has 1 aromatic carbocycles. The Labute approximate surface area is 124 Å². The quantitative estimate of drug-likeness (QED) is 0.927. The number of hydrogen-bond donors (Lipinski definition) is 1. The number of benzene rings is 1. The summed E-state index contributed by atoms with van der Waals surface area (Å²) in [4.78, 5) is 14.5. The van der Waals surface area contributed by atoms with Crippen molar-refractivity contribution in [3.05, 3.63) is 34.9 Å². The Bertz CT molecular complexity index is 504. The van der Waals surface area contributed by atoms with Crippen LogP contribution in [0, 0.1) is 5.92 Å². The lowest BCUT2D eigenvalue weighted by Gasteiger charge is -2.35. The Morgan fingerprint density at radius 2 is 1.95 bits per heavy atom. The van der Waals surface area contributed by atoms with Crippen LogP contribution in [-0.2, 0) is 10.2 Å². The molecule has 0 bridgehead atoms. The van der Waals surface area contributed by atoms with Crippen molar-refractivity contribution in [3.63, 3.8) is 0 Å². The first kappa shape index (κ1) is 13.9. The van der Waals surface area contributed by atoms with E-state index in [4.69, 9.17) is 11.6 Å². The molecule has 108 valence electrons. The number of hydrogen-bond acceptors (Lipinski definition) is 2. The number of aliphatic hydroxyl groups excluding tert-OH is 1. The van der Waals surface area contributed by atoms with Crippen LogP contribution in [0.15, 0.2) is 24.3 Å². The molecule has 0 heterocycles. The molecule has 0 aliphatic heterocycles. The zero-order valence-corrected chi connectivity index (χ0v) is 12.4. The second kappa shape index (κ2) is 5.05. The van der Waals surface area contributed by atoms with E-state index in [2.05, 4.69) is 0 Å². The largest absolute Gasteiger partial charge is 0.393 e. The van der Waals surface area contributed by atoms with E-state index >= 15 is 0 Å². The van der Waals surface area contributed by atoms with E-state index in [1.54, 1.807) is 0 Å². The summed E-state index contributed by atoms with van der Waals surface area (Å²) in [6, 6.07) is 7.64. The zero-order chi connectivity index (χ0) is 14.3. The molecule has 2 saturated carbocycles. The van der Waals surface area contributed by atoms with Gasteiger partial charge in [0.2, 0.25) is 5.91 Å². The molecule has 0 spiro atoms. The number of rotatable bonds is 4. The van der Waals surface area contributed by atoms with Gasteiger partial charge >= 0.3 is 0 Å². The second-order valence-electron chi connectivity index (χ2n) is 6.27. The number of likely N-dealkylation sites (N-methyl/N-ethyl adjacent to an activating group) is 1. The van der Waals surface area contributed by atoms with Crippen molar-refractivity contribution in [3.8, 4) is 0 Å². The molecule has 0 atom stereocenters. The van der Waals surface area contributed by atoms with Crippen molar-refractivity contribution in [2.75, 3.05) is 13.6 Å². The fourth-order valence-electron chi connectivity index (χ4n) is 3.21. The normalized spacial score (nSPS) is 26.8. The van der Waals surface area contributed by atoms with Gasteiger partial charge in [0.05, 0.1) is 11.5 Å². The summed E-state index contributed by atoms with van der Waals surface area (Å²) in [6.07, 6.45) is 3.34. The van der Waals surface area contributed by atoms with Gasteiger partial charge in [-0.1, -0.05) is 23.7 Å². The maximum atomic E-state index is 12.7. The van der Waals surface area contributed by atoms with E-state index in [1.165, 1.54) is 0 Å². The highest BCUT2D eigenvalue weighted by atomic mass is 35.5. The summed E-state index contributed by atoms with van der Waals surface area (Å²) < 4.78 is 0. The van der Waals surface area contributed by atoms with Crippen LogP contribution in [0.4, 0.5) is 0 Å². The van der Waals surface area contributed by atoms with Gasteiger partial charge in [-0.15, -0.1) is 0 Å². The minimum Gasteiger partial charge on any atom is -0.393 e. The van der Waals surface area contributed by atoms with Gasteiger partial charge in [-0.2, -0.15) is 0 Å². The van der Waals surface area contributed by atoms with Gasteiger partial charge in [0, 0.05) is 18.6 Å². The molecule has 2 aliphatic rings. The van der Waals surface area contributed by atoms with Crippen LogP contribution >= 0.6 is 11.6 Å². The molecule has 0 unspecified atom stereocenters. The van der Waals surface area contributed by atoms with Crippen LogP contribution in [0.5, 0.6) is 0 Å². The van der Waals surface area contributed by atoms with Gasteiger partial charge in [0.1, 0.15) is 0 Å². The van der Waals surface area contributed by atoms with Crippen LogP contribution in [0.3, 0.4) is 0 Å². The van der Waals surface area contributed by atoms with E-state index < -0.39 is 0 Å². The van der Waals surface area contributed by atoms with E-state index in [0.717, 1.165) is 37.8 Å². The summed E-state index contributed by atoms with van der Waals surface area (Å²) in [5, 5.41) is 10.0. The summed E-state index contributed by atoms with van der Waals surface area (Å²) in [7, 11) is 1.88. The molecule has 3 nitrogen and oxygen atoms in total. The molecule has 1 N–H and O–H groups in total. The SMILES string of the molecule is CN(CC1CC(O)C1)C(=O)C1(c2ccc(Cl)cc2)CC1. The van der Waals surface area contributed by atoms with E-state index in [-0.39, 0.29) is 17.4 Å². The van der Waals surface area contributed by atoms with E-state index in [9.17, 15) is 9.90 Å². The monoisotopic (exact) mass is 293 g/mol. The van der Waals surface area contributed by atoms with Gasteiger partial charge < -0.3 is 10.0 Å². The molecule has 1 amide bonds. The van der Waals surface area contributed by atoms with Crippen molar-refractivity contribution >= 4 is 17.5 Å². The topological polar surface area (TPSA) is 40.5 Å². The average molecular weight is 294 g/mol. The van der Waals surface area contributed by atoms with Crippen molar-refractivity contribution in [2.45, 2.75) is 37.2 Å². The average Bonchev–Trinajstić information content (AvgIpc) is 3.18. The Kier molecular flexibility index (Phi) is 3.51. The molecule has 1 aromatic rings. The highest BCUT2D eigenvalue weighted by molar-refractivity contribution is 6.30. The van der Waals surface area contributed by atoms with Crippen LogP contribution in [0.25, 0.3) is 0 Å². The minimum absolute atomic E-state index is 0.158. The summed E-state index contributed by atoms with van der Waals surface area (Å²) in [5.41, 5.74) is 0.759. The third-order valence-corrected chi connectivity index (χ3v) is 4.90. The molecule has 20 heavy (non-hydrogen) atoms. The summed E-state index contributed by atoms with van der Waals surface area (Å²) in [5.74, 6) is 0.668. The van der Waals surface area contributed by atoms with Crippen molar-refractivity contribution < 1.29 is 9.90 Å². The Hall–Kier alpha value is -1.06. The summed E-state index contributed by atoms with van der Waals surface area (Å²) in [6.45, 7) is 0.755. The van der Waals surface area contributed by atoms with Crippen LogP contribution in [0.2, 0.25) is 5.02 Å². The second-order valence-corrected chi connectivity index (χ2v) is 6.70. The number of nitrogens with zero attached hydrogens (tertiary/aromatic N) is 1. The van der Waals surface area contributed by atoms with Crippen molar-refractivity contribution in [2.24, 2.45) is 5.92 Å². The number of carbonyl (C=O) groups excluding carboxylic acids is 1. The zero-order valence-electron chi connectivity index (χ0n) is 11.7. The van der Waals surface area contributed by atoms with Crippen molar-refractivity contribution in [1.29, 1.82) is 0 Å². The fourth-order valence-corrected chi connectivity index (χ4v) is 3.33. The Balaban J connectivity index is 1.68. The number of amides is 1. The molecular formula is C16H20ClNO2. The maximum absolute atomic E-state index is 12.7. The van der Waals surface area contributed by atoms with E-state index in [0.29, 0.717) is 10.9 Å². The third-order valence-electron chi connectivity index (χ3n) is 4.65. The number of aliphatic hydroxyl groups is 1. The van der Waals surface area contributed by atoms with Gasteiger partial charge in [-0.25, -0.2) is 0 Å². The van der Waals surface area contributed by atoms with Gasteiger partial charge in [-0.05, 0) is 49.3 Å². The van der Waals surface area contributed by atoms with Crippen LogP contribution in [0.1, 0.15) is 31.2 Å². The Morgan fingerprint density at radius 3 is 2.45 bits per heavy atom. The first-order chi connectivity index (χ1) is 9.51. The smallest absolute Gasteiger partial charge is 0.232 e. The standard InChI is InChI=1S/C16H20ClNO2/c1-18(10-11-8-14(19)9-11)15(20)16(6-7-16)12-2-4-13(17)5-3-12/h2-5,11,14,19H,6-10H2,1H3. The fraction of sp³-hybridized carbons (Fsp3) is 0.562. The Morgan fingerprint density at radius 1 is 1.35 bits per heavy atom. The molecule has 2 aliphatic carbocycles. The molecule has 2 fully saturated rings. The molecule has 0 aromatic heterocycles. The third kappa shape index (κ3) is 2.45. The molecule has 3 rings (SSSR count). The minimum atomic E-state index is -0.318. The van der Waals surface area contributed by atoms with Crippen LogP contribution in [-0.4, -0.2) is 35.6 Å². The van der Waals surface area contributed by atoms with Gasteiger partial charge in [0.15, 0.2) is 0 Å². The number of carbonyl (C=O) groups is 1. The van der Waals surface area contributed by atoms with Gasteiger partial charge in [-0.3, -0.25) is 4.79 Å². The molecule has 0 saturated heterocycles. The molecule has 0 radical (unpaired) electrons. The first-order valence-corrected chi connectivity index (χ1v) is 7.59. The van der Waals surface area contributed by atoms with Crippen molar-refractivity contribution in [1.82, 2.24) is 4.90 Å². The number of halogens is 1. The molecule has 4 heteroatoms. The lowest BCUT2D eigenvalue weighted by molar-refractivity contribution is -0.134. The molecular weight excluding hydrogens is 274 g/mol. The lowest BCUT2D eigenvalue weighted by Crippen LogP contribution is -2.43. The van der Waals surface area contributed by atoms with E-state index in [1.807, 2.05) is 36.2 Å². The predicted molar refractivity (Wildman–Crippen MR) is 78.7 cm³/mol.